The molecule has 0 atom stereocenters. The van der Waals surface area contributed by atoms with Crippen LogP contribution in [0.1, 0.15) is 18.1 Å². The monoisotopic (exact) mass is 337 g/mol. The smallest absolute Gasteiger partial charge is 0.234 e. The zero-order valence-corrected chi connectivity index (χ0v) is 14.6. The summed E-state index contributed by atoms with van der Waals surface area (Å²) in [6, 6.07) is 14.0. The van der Waals surface area contributed by atoms with Crippen molar-refractivity contribution < 1.29 is 4.79 Å². The molecule has 0 aliphatic carbocycles. The number of fused-ring (bicyclic) bond motifs is 1. The Bertz CT molecular complexity index is 874. The van der Waals surface area contributed by atoms with Gasteiger partial charge in [-0.15, -0.1) is 5.10 Å². The van der Waals surface area contributed by atoms with Gasteiger partial charge in [-0.2, -0.15) is 5.10 Å². The molecule has 3 aromatic rings. The molecule has 0 bridgehead atoms. The van der Waals surface area contributed by atoms with E-state index < -0.39 is 0 Å². The van der Waals surface area contributed by atoms with Gasteiger partial charge < -0.3 is 5.32 Å². The van der Waals surface area contributed by atoms with Crippen LogP contribution in [0.4, 0.5) is 5.69 Å². The molecule has 24 heavy (non-hydrogen) atoms. The van der Waals surface area contributed by atoms with Crippen LogP contribution in [0.15, 0.2) is 53.7 Å². The van der Waals surface area contributed by atoms with Crippen molar-refractivity contribution in [3.8, 4) is 0 Å². The van der Waals surface area contributed by atoms with E-state index in [0.29, 0.717) is 5.75 Å². The second-order valence-electron chi connectivity index (χ2n) is 5.54. The van der Waals surface area contributed by atoms with Crippen molar-refractivity contribution in [3.63, 3.8) is 0 Å². The summed E-state index contributed by atoms with van der Waals surface area (Å²) in [5.74, 6) is 0.277. The Kier molecular flexibility index (Phi) is 5.11. The first-order valence-corrected chi connectivity index (χ1v) is 8.89. The molecule has 0 spiro atoms. The summed E-state index contributed by atoms with van der Waals surface area (Å²) in [5.41, 5.74) is 3.16. The van der Waals surface area contributed by atoms with Gasteiger partial charge in [-0.25, -0.2) is 0 Å². The van der Waals surface area contributed by atoms with Crippen LogP contribution in [0.2, 0.25) is 0 Å². The molecule has 1 aromatic heterocycles. The molecule has 2 aromatic carbocycles. The van der Waals surface area contributed by atoms with Gasteiger partial charge in [0.2, 0.25) is 5.91 Å². The number of para-hydroxylation sites is 1. The number of anilines is 1. The van der Waals surface area contributed by atoms with Gasteiger partial charge in [0.05, 0.1) is 11.9 Å². The third-order valence-corrected chi connectivity index (χ3v) is 4.86. The minimum Gasteiger partial charge on any atom is -0.325 e. The molecule has 0 aliphatic rings. The Labute approximate surface area is 145 Å². The zero-order valence-electron chi connectivity index (χ0n) is 13.7. The quantitative estimate of drug-likeness (QED) is 0.708. The molecule has 0 saturated carbocycles. The number of carbonyl (C=O) groups is 1. The Morgan fingerprint density at radius 1 is 1.17 bits per heavy atom. The average Bonchev–Trinajstić information content (AvgIpc) is 2.61. The number of aryl methyl sites for hydroxylation is 2. The number of hydrogen-bond acceptors (Lipinski definition) is 4. The van der Waals surface area contributed by atoms with Crippen LogP contribution < -0.4 is 5.32 Å². The molecule has 1 amide bonds. The van der Waals surface area contributed by atoms with E-state index in [9.17, 15) is 4.79 Å². The van der Waals surface area contributed by atoms with Crippen LogP contribution in [-0.4, -0.2) is 21.9 Å². The first-order chi connectivity index (χ1) is 11.7. The van der Waals surface area contributed by atoms with Crippen LogP contribution in [0.3, 0.4) is 0 Å². The largest absolute Gasteiger partial charge is 0.325 e. The van der Waals surface area contributed by atoms with E-state index in [2.05, 4.69) is 22.4 Å². The fourth-order valence-corrected chi connectivity index (χ4v) is 3.41. The van der Waals surface area contributed by atoms with Crippen LogP contribution in [0, 0.1) is 6.92 Å². The first kappa shape index (κ1) is 16.5. The molecule has 3 rings (SSSR count). The van der Waals surface area contributed by atoms with Gasteiger partial charge in [-0.05, 0) is 24.5 Å². The lowest BCUT2D eigenvalue weighted by atomic mass is 10.1. The summed E-state index contributed by atoms with van der Waals surface area (Å²) >= 11 is 1.41. The predicted molar refractivity (Wildman–Crippen MR) is 99.4 cm³/mol. The number of nitrogens with zero attached hydrogens (tertiary/aromatic N) is 2. The first-order valence-electron chi connectivity index (χ1n) is 7.90. The third kappa shape index (κ3) is 3.57. The van der Waals surface area contributed by atoms with Crippen molar-refractivity contribution in [2.75, 3.05) is 11.1 Å². The SMILES string of the molecule is CCc1cccc(C)c1NC(=O)CSc1nncc2ccccc12. The van der Waals surface area contributed by atoms with Crippen molar-refractivity contribution in [3.05, 3.63) is 59.8 Å². The maximum absolute atomic E-state index is 12.4. The minimum absolute atomic E-state index is 0.0289. The number of thioether (sulfide) groups is 1. The maximum Gasteiger partial charge on any atom is 0.234 e. The number of nitrogens with one attached hydrogen (secondary N) is 1. The molecular formula is C19H19N3OS. The van der Waals surface area contributed by atoms with Gasteiger partial charge in [-0.3, -0.25) is 4.79 Å². The van der Waals surface area contributed by atoms with Gasteiger partial charge in [0.25, 0.3) is 0 Å². The molecule has 1 N–H and O–H groups in total. The highest BCUT2D eigenvalue weighted by Crippen LogP contribution is 2.25. The van der Waals surface area contributed by atoms with E-state index in [4.69, 9.17) is 0 Å². The lowest BCUT2D eigenvalue weighted by Gasteiger charge is -2.12. The van der Waals surface area contributed by atoms with Gasteiger partial charge >= 0.3 is 0 Å². The average molecular weight is 337 g/mol. The van der Waals surface area contributed by atoms with Crippen molar-refractivity contribution >= 4 is 34.1 Å². The maximum atomic E-state index is 12.4. The van der Waals surface area contributed by atoms with E-state index in [0.717, 1.165) is 39.0 Å². The highest BCUT2D eigenvalue weighted by Gasteiger charge is 2.11. The number of carbonyl (C=O) groups excluding carboxylic acids is 1. The zero-order chi connectivity index (χ0) is 16.9. The highest BCUT2D eigenvalue weighted by molar-refractivity contribution is 8.00. The summed E-state index contributed by atoms with van der Waals surface area (Å²) < 4.78 is 0. The van der Waals surface area contributed by atoms with E-state index in [1.807, 2.05) is 49.4 Å². The number of benzene rings is 2. The van der Waals surface area contributed by atoms with E-state index >= 15 is 0 Å². The van der Waals surface area contributed by atoms with Gasteiger partial charge in [-0.1, -0.05) is 61.2 Å². The van der Waals surface area contributed by atoms with Crippen LogP contribution in [0.5, 0.6) is 0 Å². The number of amides is 1. The molecular weight excluding hydrogens is 318 g/mol. The van der Waals surface area contributed by atoms with Gasteiger partial charge in [0.15, 0.2) is 0 Å². The third-order valence-electron chi connectivity index (χ3n) is 3.88. The lowest BCUT2D eigenvalue weighted by molar-refractivity contribution is -0.113. The summed E-state index contributed by atoms with van der Waals surface area (Å²) in [6.07, 6.45) is 2.62. The van der Waals surface area contributed by atoms with Crippen molar-refractivity contribution in [1.29, 1.82) is 0 Å². The molecule has 4 nitrogen and oxygen atoms in total. The Morgan fingerprint density at radius 3 is 2.83 bits per heavy atom. The van der Waals surface area contributed by atoms with Gasteiger partial charge in [0.1, 0.15) is 5.03 Å². The number of hydrogen-bond donors (Lipinski definition) is 1. The molecule has 122 valence electrons. The molecule has 0 radical (unpaired) electrons. The Morgan fingerprint density at radius 2 is 2.00 bits per heavy atom. The van der Waals surface area contributed by atoms with Crippen LogP contribution in [-0.2, 0) is 11.2 Å². The molecule has 5 heteroatoms. The standard InChI is InChI=1S/C19H19N3OS/c1-3-14-9-6-7-13(2)18(14)21-17(23)12-24-19-16-10-5-4-8-15(16)11-20-22-19/h4-11H,3,12H2,1-2H3,(H,21,23). The Hall–Kier alpha value is -2.40. The fourth-order valence-electron chi connectivity index (χ4n) is 2.62. The van der Waals surface area contributed by atoms with Crippen molar-refractivity contribution in [2.24, 2.45) is 0 Å². The van der Waals surface area contributed by atoms with Crippen molar-refractivity contribution in [2.45, 2.75) is 25.3 Å². The van der Waals surface area contributed by atoms with E-state index in [1.54, 1.807) is 6.20 Å². The molecule has 0 aliphatic heterocycles. The molecule has 0 saturated heterocycles. The lowest BCUT2D eigenvalue weighted by Crippen LogP contribution is -2.16. The second kappa shape index (κ2) is 7.45. The van der Waals surface area contributed by atoms with E-state index in [1.165, 1.54) is 11.8 Å². The van der Waals surface area contributed by atoms with Crippen LogP contribution in [0.25, 0.3) is 10.8 Å². The predicted octanol–water partition coefficient (Wildman–Crippen LogP) is 4.23. The molecule has 0 unspecified atom stereocenters. The summed E-state index contributed by atoms with van der Waals surface area (Å²) in [5, 5.41) is 14.1. The normalized spacial score (nSPS) is 10.8. The van der Waals surface area contributed by atoms with Crippen LogP contribution >= 0.6 is 11.8 Å². The minimum atomic E-state index is -0.0289. The number of rotatable bonds is 5. The highest BCUT2D eigenvalue weighted by atomic mass is 32.2. The topological polar surface area (TPSA) is 54.9 Å². The molecule has 0 fully saturated rings. The van der Waals surface area contributed by atoms with Crippen molar-refractivity contribution in [1.82, 2.24) is 10.2 Å². The molecule has 1 heterocycles. The Balaban J connectivity index is 1.72. The fraction of sp³-hybridized carbons (Fsp3) is 0.211. The van der Waals surface area contributed by atoms with Gasteiger partial charge in [0, 0.05) is 16.5 Å². The summed E-state index contributed by atoms with van der Waals surface area (Å²) in [4.78, 5) is 12.4. The van der Waals surface area contributed by atoms with E-state index in [-0.39, 0.29) is 5.91 Å². The number of aromatic nitrogens is 2. The second-order valence-corrected chi connectivity index (χ2v) is 6.50. The summed E-state index contributed by atoms with van der Waals surface area (Å²) in [7, 11) is 0. The summed E-state index contributed by atoms with van der Waals surface area (Å²) in [6.45, 7) is 4.10.